The summed E-state index contributed by atoms with van der Waals surface area (Å²) < 4.78 is 5.27. The zero-order valence-corrected chi connectivity index (χ0v) is 10.9. The number of furan rings is 1. The molecular weight excluding hydrogens is 228 g/mol. The van der Waals surface area contributed by atoms with Gasteiger partial charge in [-0.3, -0.25) is 4.79 Å². The Kier molecular flexibility index (Phi) is 4.07. The van der Waals surface area contributed by atoms with Gasteiger partial charge in [0.2, 0.25) is 5.91 Å². The maximum atomic E-state index is 12.0. The molecule has 18 heavy (non-hydrogen) atoms. The number of hydrogen-bond acceptors (Lipinski definition) is 3. The van der Waals surface area contributed by atoms with Crippen molar-refractivity contribution in [3.63, 3.8) is 0 Å². The highest BCUT2D eigenvalue weighted by Gasteiger charge is 2.30. The lowest BCUT2D eigenvalue weighted by atomic mass is 9.80. The summed E-state index contributed by atoms with van der Waals surface area (Å²) in [5.41, 5.74) is 5.97. The van der Waals surface area contributed by atoms with E-state index in [9.17, 15) is 4.79 Å². The van der Waals surface area contributed by atoms with Gasteiger partial charge >= 0.3 is 0 Å². The Morgan fingerprint density at radius 1 is 1.50 bits per heavy atom. The van der Waals surface area contributed by atoms with Gasteiger partial charge in [0.05, 0.1) is 12.3 Å². The third-order valence-electron chi connectivity index (χ3n) is 3.71. The van der Waals surface area contributed by atoms with E-state index in [0.717, 1.165) is 31.4 Å². The summed E-state index contributed by atoms with van der Waals surface area (Å²) in [7, 11) is 0. The minimum atomic E-state index is -0.300. The van der Waals surface area contributed by atoms with Crippen molar-refractivity contribution >= 4 is 5.91 Å². The number of nitrogens with two attached hydrogens (primary N) is 1. The van der Waals surface area contributed by atoms with Gasteiger partial charge in [-0.1, -0.05) is 19.3 Å². The first kappa shape index (κ1) is 13.1. The Morgan fingerprint density at radius 3 is 2.83 bits per heavy atom. The van der Waals surface area contributed by atoms with Crippen LogP contribution in [0.5, 0.6) is 0 Å². The Labute approximate surface area is 108 Å². The van der Waals surface area contributed by atoms with Crippen molar-refractivity contribution in [2.75, 3.05) is 0 Å². The Balaban J connectivity index is 1.84. The molecule has 0 aliphatic heterocycles. The second-order valence-corrected chi connectivity index (χ2v) is 5.40. The molecule has 100 valence electrons. The number of carbonyl (C=O) groups excluding carboxylic acids is 1. The first-order valence-corrected chi connectivity index (χ1v) is 6.71. The molecule has 1 amide bonds. The summed E-state index contributed by atoms with van der Waals surface area (Å²) in [4.78, 5) is 12.0. The monoisotopic (exact) mass is 250 g/mol. The van der Waals surface area contributed by atoms with E-state index in [1.54, 1.807) is 6.26 Å². The molecule has 0 aromatic carbocycles. The van der Waals surface area contributed by atoms with E-state index in [0.29, 0.717) is 6.42 Å². The molecule has 0 spiro atoms. The zero-order chi connectivity index (χ0) is 13.0. The van der Waals surface area contributed by atoms with Crippen LogP contribution in [0.3, 0.4) is 0 Å². The highest BCUT2D eigenvalue weighted by molar-refractivity contribution is 5.77. The standard InChI is InChI=1S/C14H22N2O2/c1-11(12-6-5-9-18-12)16-13(17)10-14(15)7-3-2-4-8-14/h5-6,9,11H,2-4,7-8,10,15H2,1H3,(H,16,17). The predicted molar refractivity (Wildman–Crippen MR) is 69.9 cm³/mol. The maximum absolute atomic E-state index is 12.0. The van der Waals surface area contributed by atoms with Crippen LogP contribution in [0.1, 0.15) is 57.3 Å². The maximum Gasteiger partial charge on any atom is 0.222 e. The lowest BCUT2D eigenvalue weighted by molar-refractivity contribution is -0.123. The largest absolute Gasteiger partial charge is 0.467 e. The van der Waals surface area contributed by atoms with E-state index in [1.165, 1.54) is 6.42 Å². The van der Waals surface area contributed by atoms with Crippen LogP contribution in [0.2, 0.25) is 0 Å². The van der Waals surface area contributed by atoms with Crippen LogP contribution in [-0.2, 0) is 4.79 Å². The molecule has 1 heterocycles. The molecule has 2 rings (SSSR count). The molecule has 3 N–H and O–H groups in total. The Morgan fingerprint density at radius 2 is 2.22 bits per heavy atom. The second-order valence-electron chi connectivity index (χ2n) is 5.40. The van der Waals surface area contributed by atoms with Gasteiger partial charge in [0.25, 0.3) is 0 Å². The summed E-state index contributed by atoms with van der Waals surface area (Å²) in [5.74, 6) is 0.793. The lowest BCUT2D eigenvalue weighted by Crippen LogP contribution is -2.46. The molecule has 1 fully saturated rings. The van der Waals surface area contributed by atoms with Gasteiger partial charge < -0.3 is 15.5 Å². The molecule has 1 saturated carbocycles. The first-order chi connectivity index (χ1) is 8.59. The topological polar surface area (TPSA) is 68.3 Å². The predicted octanol–water partition coefficient (Wildman–Crippen LogP) is 2.51. The molecule has 1 aromatic heterocycles. The minimum Gasteiger partial charge on any atom is -0.467 e. The van der Waals surface area contributed by atoms with Crippen LogP contribution < -0.4 is 11.1 Å². The quantitative estimate of drug-likeness (QED) is 0.862. The van der Waals surface area contributed by atoms with Crippen LogP contribution in [0.25, 0.3) is 0 Å². The SMILES string of the molecule is CC(NC(=O)CC1(N)CCCCC1)c1ccco1. The fraction of sp³-hybridized carbons (Fsp3) is 0.643. The number of rotatable bonds is 4. The van der Waals surface area contributed by atoms with Crippen molar-refractivity contribution < 1.29 is 9.21 Å². The number of hydrogen-bond donors (Lipinski definition) is 2. The van der Waals surface area contributed by atoms with Crippen molar-refractivity contribution in [2.24, 2.45) is 5.73 Å². The molecule has 0 radical (unpaired) electrons. The smallest absolute Gasteiger partial charge is 0.222 e. The molecular formula is C14H22N2O2. The van der Waals surface area contributed by atoms with Crippen molar-refractivity contribution in [3.05, 3.63) is 24.2 Å². The first-order valence-electron chi connectivity index (χ1n) is 6.71. The fourth-order valence-corrected chi connectivity index (χ4v) is 2.65. The number of carbonyl (C=O) groups is 1. The van der Waals surface area contributed by atoms with E-state index >= 15 is 0 Å². The number of nitrogens with one attached hydrogen (secondary N) is 1. The van der Waals surface area contributed by atoms with Gasteiger partial charge in [-0.25, -0.2) is 0 Å². The van der Waals surface area contributed by atoms with Crippen molar-refractivity contribution in [1.29, 1.82) is 0 Å². The van der Waals surface area contributed by atoms with Gasteiger partial charge in [-0.05, 0) is 31.9 Å². The molecule has 1 aliphatic rings. The van der Waals surface area contributed by atoms with Gasteiger partial charge in [0.15, 0.2) is 0 Å². The summed E-state index contributed by atoms with van der Waals surface area (Å²) in [6.45, 7) is 1.92. The van der Waals surface area contributed by atoms with Crippen molar-refractivity contribution in [2.45, 2.75) is 57.0 Å². The van der Waals surface area contributed by atoms with Crippen molar-refractivity contribution in [1.82, 2.24) is 5.32 Å². The third kappa shape index (κ3) is 3.35. The highest BCUT2D eigenvalue weighted by Crippen LogP contribution is 2.28. The van der Waals surface area contributed by atoms with E-state index in [-0.39, 0.29) is 17.5 Å². The average molecular weight is 250 g/mol. The highest BCUT2D eigenvalue weighted by atomic mass is 16.3. The molecule has 0 bridgehead atoms. The van der Waals surface area contributed by atoms with Crippen LogP contribution in [0.15, 0.2) is 22.8 Å². The molecule has 1 aliphatic carbocycles. The molecule has 1 atom stereocenters. The Bertz CT molecular complexity index is 381. The van der Waals surface area contributed by atoms with Crippen LogP contribution in [0, 0.1) is 0 Å². The van der Waals surface area contributed by atoms with Crippen molar-refractivity contribution in [3.8, 4) is 0 Å². The normalized spacial score (nSPS) is 20.3. The molecule has 1 aromatic rings. The van der Waals surface area contributed by atoms with Gasteiger partial charge in [0.1, 0.15) is 5.76 Å². The van der Waals surface area contributed by atoms with E-state index < -0.39 is 0 Å². The minimum absolute atomic E-state index is 0.0169. The summed E-state index contributed by atoms with van der Waals surface area (Å²) in [6, 6.07) is 3.59. The van der Waals surface area contributed by atoms with Gasteiger partial charge in [-0.2, -0.15) is 0 Å². The molecule has 4 heteroatoms. The van der Waals surface area contributed by atoms with E-state index in [2.05, 4.69) is 5.32 Å². The third-order valence-corrected chi connectivity index (χ3v) is 3.71. The van der Waals surface area contributed by atoms with Gasteiger partial charge in [0, 0.05) is 12.0 Å². The molecule has 0 saturated heterocycles. The molecule has 1 unspecified atom stereocenters. The van der Waals surface area contributed by atoms with E-state index in [4.69, 9.17) is 10.2 Å². The van der Waals surface area contributed by atoms with Crippen LogP contribution >= 0.6 is 0 Å². The van der Waals surface area contributed by atoms with Crippen LogP contribution in [-0.4, -0.2) is 11.4 Å². The zero-order valence-electron chi connectivity index (χ0n) is 10.9. The lowest BCUT2D eigenvalue weighted by Gasteiger charge is -2.33. The Hall–Kier alpha value is -1.29. The van der Waals surface area contributed by atoms with Gasteiger partial charge in [-0.15, -0.1) is 0 Å². The van der Waals surface area contributed by atoms with E-state index in [1.807, 2.05) is 19.1 Å². The fourth-order valence-electron chi connectivity index (χ4n) is 2.65. The number of amides is 1. The average Bonchev–Trinajstić information content (AvgIpc) is 2.82. The summed E-state index contributed by atoms with van der Waals surface area (Å²) in [5, 5.41) is 2.94. The summed E-state index contributed by atoms with van der Waals surface area (Å²) >= 11 is 0. The molecule has 4 nitrogen and oxygen atoms in total. The van der Waals surface area contributed by atoms with Crippen LogP contribution in [0.4, 0.5) is 0 Å². The second kappa shape index (κ2) is 5.57. The summed E-state index contributed by atoms with van der Waals surface area (Å²) in [6.07, 6.45) is 7.45.